The van der Waals surface area contributed by atoms with Gasteiger partial charge >= 0.3 is 5.97 Å². The number of benzene rings is 1. The minimum absolute atomic E-state index is 0.0977. The van der Waals surface area contributed by atoms with Crippen molar-refractivity contribution in [3.05, 3.63) is 53.3 Å². The Morgan fingerprint density at radius 3 is 2.67 bits per heavy atom. The van der Waals surface area contributed by atoms with E-state index in [-0.39, 0.29) is 24.9 Å². The van der Waals surface area contributed by atoms with Crippen LogP contribution < -0.4 is 0 Å². The smallest absolute Gasteiger partial charge is 0.308 e. The third-order valence-corrected chi connectivity index (χ3v) is 4.52. The minimum atomic E-state index is -0.855. The number of aliphatic carboxylic acids is 1. The van der Waals surface area contributed by atoms with Gasteiger partial charge in [-0.2, -0.15) is 5.10 Å². The van der Waals surface area contributed by atoms with Gasteiger partial charge in [-0.25, -0.2) is 0 Å². The quantitative estimate of drug-likeness (QED) is 0.929. The lowest BCUT2D eigenvalue weighted by atomic mass is 9.88. The maximum Gasteiger partial charge on any atom is 0.308 e. The van der Waals surface area contributed by atoms with E-state index in [9.17, 15) is 14.7 Å². The molecule has 1 aromatic heterocycles. The van der Waals surface area contributed by atoms with Gasteiger partial charge in [-0.05, 0) is 25.0 Å². The average molecular weight is 327 g/mol. The van der Waals surface area contributed by atoms with Crippen LogP contribution in [0.5, 0.6) is 0 Å². The molecule has 6 heteroatoms. The van der Waals surface area contributed by atoms with E-state index in [1.54, 1.807) is 22.0 Å². The number of rotatable bonds is 4. The normalized spacial score (nSPS) is 20.3. The highest BCUT2D eigenvalue weighted by molar-refractivity contribution is 5.79. The van der Waals surface area contributed by atoms with Crippen molar-refractivity contribution in [1.82, 2.24) is 14.7 Å². The van der Waals surface area contributed by atoms with Crippen LogP contribution >= 0.6 is 0 Å². The number of carboxylic acids is 1. The molecule has 3 rings (SSSR count). The lowest BCUT2D eigenvalue weighted by molar-refractivity contribution is -0.141. The first-order valence-corrected chi connectivity index (χ1v) is 8.00. The topological polar surface area (TPSA) is 75.4 Å². The molecule has 2 atom stereocenters. The highest BCUT2D eigenvalue weighted by atomic mass is 16.4. The fourth-order valence-electron chi connectivity index (χ4n) is 3.29. The van der Waals surface area contributed by atoms with Crippen LogP contribution in [0.3, 0.4) is 0 Å². The Kier molecular flexibility index (Phi) is 4.38. The second kappa shape index (κ2) is 6.47. The Morgan fingerprint density at radius 2 is 2.04 bits per heavy atom. The molecule has 1 amide bonds. The highest BCUT2D eigenvalue weighted by Gasteiger charge is 2.40. The zero-order valence-electron chi connectivity index (χ0n) is 13.8. The number of carbonyl (C=O) groups excluding carboxylic acids is 1. The number of hydrogen-bond donors (Lipinski definition) is 1. The number of nitrogens with zero attached hydrogens (tertiary/aromatic N) is 3. The molecule has 2 heterocycles. The van der Waals surface area contributed by atoms with Crippen LogP contribution in [0.2, 0.25) is 0 Å². The van der Waals surface area contributed by atoms with E-state index in [0.29, 0.717) is 6.54 Å². The second-order valence-corrected chi connectivity index (χ2v) is 6.48. The van der Waals surface area contributed by atoms with Crippen LogP contribution in [0.1, 0.15) is 22.6 Å². The number of aryl methyl sites for hydroxylation is 2. The van der Waals surface area contributed by atoms with E-state index in [2.05, 4.69) is 5.10 Å². The Hall–Kier alpha value is -2.63. The monoisotopic (exact) mass is 327 g/mol. The summed E-state index contributed by atoms with van der Waals surface area (Å²) in [4.78, 5) is 25.8. The Morgan fingerprint density at radius 1 is 1.25 bits per heavy atom. The van der Waals surface area contributed by atoms with Crippen LogP contribution in [0, 0.1) is 19.8 Å². The average Bonchev–Trinajstić information content (AvgIpc) is 3.14. The summed E-state index contributed by atoms with van der Waals surface area (Å²) in [6, 6.07) is 7.86. The summed E-state index contributed by atoms with van der Waals surface area (Å²) in [6.45, 7) is 4.71. The fourth-order valence-corrected chi connectivity index (χ4v) is 3.29. The van der Waals surface area contributed by atoms with E-state index < -0.39 is 11.9 Å². The van der Waals surface area contributed by atoms with Gasteiger partial charge in [0.05, 0.1) is 12.1 Å². The van der Waals surface area contributed by atoms with E-state index in [4.69, 9.17) is 0 Å². The maximum atomic E-state index is 12.5. The number of aromatic nitrogens is 2. The molecule has 0 saturated carbocycles. The lowest BCUT2D eigenvalue weighted by Crippen LogP contribution is -2.33. The first-order chi connectivity index (χ1) is 11.4. The van der Waals surface area contributed by atoms with Crippen molar-refractivity contribution in [3.8, 4) is 0 Å². The highest BCUT2D eigenvalue weighted by Crippen LogP contribution is 2.33. The molecule has 24 heavy (non-hydrogen) atoms. The Labute approximate surface area is 140 Å². The van der Waals surface area contributed by atoms with Gasteiger partial charge in [-0.3, -0.25) is 14.3 Å². The third-order valence-electron chi connectivity index (χ3n) is 4.52. The molecule has 2 aromatic rings. The van der Waals surface area contributed by atoms with E-state index >= 15 is 0 Å². The Balaban J connectivity index is 1.77. The lowest BCUT2D eigenvalue weighted by Gasteiger charge is -2.17. The van der Waals surface area contributed by atoms with Gasteiger partial charge in [0.2, 0.25) is 5.91 Å². The molecule has 1 fully saturated rings. The summed E-state index contributed by atoms with van der Waals surface area (Å²) < 4.78 is 1.59. The summed E-state index contributed by atoms with van der Waals surface area (Å²) in [5.74, 6) is -1.70. The molecule has 126 valence electrons. The predicted molar refractivity (Wildman–Crippen MR) is 88.6 cm³/mol. The molecular formula is C18H21N3O3. The first kappa shape index (κ1) is 16.2. The van der Waals surface area contributed by atoms with E-state index in [0.717, 1.165) is 16.7 Å². The van der Waals surface area contributed by atoms with Gasteiger partial charge in [0, 0.05) is 25.2 Å². The largest absolute Gasteiger partial charge is 0.481 e. The van der Waals surface area contributed by atoms with Gasteiger partial charge in [0.25, 0.3) is 0 Å². The molecule has 1 saturated heterocycles. The van der Waals surface area contributed by atoms with E-state index in [1.165, 1.54) is 0 Å². The first-order valence-electron chi connectivity index (χ1n) is 8.00. The molecule has 1 N–H and O–H groups in total. The standard InChI is InChI=1S/C18H21N3O3/c1-12-4-3-5-14(6-12)15-9-20(10-16(15)18(23)24)17(22)11-21-8-13(2)7-19-21/h3-8,15-16H,9-11H2,1-2H3,(H,23,24)/t15-,16+/m1/s1. The number of hydrogen-bond acceptors (Lipinski definition) is 3. The number of amides is 1. The summed E-state index contributed by atoms with van der Waals surface area (Å²) in [5, 5.41) is 13.7. The molecular weight excluding hydrogens is 306 g/mol. The molecule has 0 radical (unpaired) electrons. The van der Waals surface area contributed by atoms with Crippen molar-refractivity contribution in [2.75, 3.05) is 13.1 Å². The van der Waals surface area contributed by atoms with Crippen LogP contribution in [0.4, 0.5) is 0 Å². The molecule has 1 aliphatic rings. The minimum Gasteiger partial charge on any atom is -0.481 e. The molecule has 0 spiro atoms. The van der Waals surface area contributed by atoms with Crippen LogP contribution in [-0.2, 0) is 16.1 Å². The summed E-state index contributed by atoms with van der Waals surface area (Å²) in [7, 11) is 0. The number of likely N-dealkylation sites (tertiary alicyclic amines) is 1. The van der Waals surface area contributed by atoms with Crippen molar-refractivity contribution in [2.24, 2.45) is 5.92 Å². The molecule has 0 unspecified atom stereocenters. The maximum absolute atomic E-state index is 12.5. The second-order valence-electron chi connectivity index (χ2n) is 6.48. The zero-order chi connectivity index (χ0) is 17.3. The molecule has 1 aromatic carbocycles. The van der Waals surface area contributed by atoms with E-state index in [1.807, 2.05) is 38.1 Å². The number of carboxylic acid groups (broad SMARTS) is 1. The molecule has 1 aliphatic heterocycles. The zero-order valence-corrected chi connectivity index (χ0v) is 13.8. The van der Waals surface area contributed by atoms with Gasteiger partial charge in [-0.15, -0.1) is 0 Å². The van der Waals surface area contributed by atoms with Crippen LogP contribution in [-0.4, -0.2) is 44.8 Å². The number of carbonyl (C=O) groups is 2. The molecule has 0 bridgehead atoms. The van der Waals surface area contributed by atoms with Gasteiger partial charge in [-0.1, -0.05) is 29.8 Å². The molecule has 0 aliphatic carbocycles. The fraction of sp³-hybridized carbons (Fsp3) is 0.389. The van der Waals surface area contributed by atoms with Crippen molar-refractivity contribution in [3.63, 3.8) is 0 Å². The summed E-state index contributed by atoms with van der Waals surface area (Å²) in [5.41, 5.74) is 3.06. The SMILES string of the molecule is Cc1cccc([C@H]2CN(C(=O)Cn3cc(C)cn3)C[C@@H]2C(=O)O)c1. The van der Waals surface area contributed by atoms with Crippen LogP contribution in [0.15, 0.2) is 36.7 Å². The van der Waals surface area contributed by atoms with Gasteiger partial charge in [0.15, 0.2) is 0 Å². The van der Waals surface area contributed by atoms with Crippen molar-refractivity contribution in [2.45, 2.75) is 26.3 Å². The summed E-state index contributed by atoms with van der Waals surface area (Å²) >= 11 is 0. The Bertz CT molecular complexity index is 768. The van der Waals surface area contributed by atoms with Crippen molar-refractivity contribution >= 4 is 11.9 Å². The van der Waals surface area contributed by atoms with Crippen LogP contribution in [0.25, 0.3) is 0 Å². The van der Waals surface area contributed by atoms with Gasteiger partial charge < -0.3 is 10.0 Å². The van der Waals surface area contributed by atoms with Crippen molar-refractivity contribution < 1.29 is 14.7 Å². The summed E-state index contributed by atoms with van der Waals surface area (Å²) in [6.07, 6.45) is 3.51. The third kappa shape index (κ3) is 3.32. The van der Waals surface area contributed by atoms with Gasteiger partial charge in [0.1, 0.15) is 6.54 Å². The van der Waals surface area contributed by atoms with Crippen molar-refractivity contribution in [1.29, 1.82) is 0 Å². The predicted octanol–water partition coefficient (Wildman–Crippen LogP) is 1.83. The molecule has 6 nitrogen and oxygen atoms in total.